The van der Waals surface area contributed by atoms with Crippen LogP contribution in [0.2, 0.25) is 0 Å². The van der Waals surface area contributed by atoms with Gasteiger partial charge in [0.25, 0.3) is 0 Å². The fourth-order valence-electron chi connectivity index (χ4n) is 6.75. The lowest BCUT2D eigenvalue weighted by molar-refractivity contribution is -0.160. The Morgan fingerprint density at radius 3 is 2.37 bits per heavy atom. The minimum absolute atomic E-state index is 0.0383. The lowest BCUT2D eigenvalue weighted by Crippen LogP contribution is -2.56. The van der Waals surface area contributed by atoms with Crippen molar-refractivity contribution in [3.63, 3.8) is 0 Å². The second-order valence-electron chi connectivity index (χ2n) is 9.35. The first-order chi connectivity index (χ1) is 13.0. The van der Waals surface area contributed by atoms with E-state index >= 15 is 0 Å². The van der Waals surface area contributed by atoms with Crippen LogP contribution in [0.3, 0.4) is 0 Å². The standard InChI is InChI=1S/C22H27BrN2O2/c23-17-3-1-4-18(10-17)24-20(26)19-5-2-6-25(19)21(27)22-11-14-7-15(12-22)9-16(8-14)13-22/h1,3-4,10,14-16,19H,2,5-9,11-13H2,(H,24,26)/t14?,15?,16?,19-,22?/m0/s1. The van der Waals surface area contributed by atoms with E-state index in [0.29, 0.717) is 0 Å². The van der Waals surface area contributed by atoms with Gasteiger partial charge in [0.2, 0.25) is 11.8 Å². The fraction of sp³-hybridized carbons (Fsp3) is 0.636. The third kappa shape index (κ3) is 3.12. The predicted octanol–water partition coefficient (Wildman–Crippen LogP) is 4.60. The number of benzene rings is 1. The van der Waals surface area contributed by atoms with Gasteiger partial charge in [-0.15, -0.1) is 0 Å². The van der Waals surface area contributed by atoms with Gasteiger partial charge in [-0.2, -0.15) is 0 Å². The molecule has 0 spiro atoms. The first-order valence-corrected chi connectivity index (χ1v) is 11.2. The summed E-state index contributed by atoms with van der Waals surface area (Å²) in [5, 5.41) is 3.02. The maximum absolute atomic E-state index is 13.7. The summed E-state index contributed by atoms with van der Waals surface area (Å²) in [5.74, 6) is 2.49. The highest BCUT2D eigenvalue weighted by atomic mass is 79.9. The van der Waals surface area contributed by atoms with E-state index in [0.717, 1.165) is 66.6 Å². The third-order valence-electron chi connectivity index (χ3n) is 7.40. The molecule has 144 valence electrons. The van der Waals surface area contributed by atoms with E-state index in [-0.39, 0.29) is 23.3 Å². The van der Waals surface area contributed by atoms with Gasteiger partial charge in [0.05, 0.1) is 5.41 Å². The van der Waals surface area contributed by atoms with Crippen LogP contribution < -0.4 is 5.32 Å². The number of amides is 2. The average Bonchev–Trinajstić information content (AvgIpc) is 3.09. The molecule has 0 unspecified atom stereocenters. The third-order valence-corrected chi connectivity index (χ3v) is 7.89. The quantitative estimate of drug-likeness (QED) is 0.761. The van der Waals surface area contributed by atoms with Crippen molar-refractivity contribution in [1.82, 2.24) is 4.90 Å². The van der Waals surface area contributed by atoms with Crippen molar-refractivity contribution >= 4 is 33.4 Å². The molecule has 1 saturated heterocycles. The number of carbonyl (C=O) groups excluding carboxylic acids is 2. The summed E-state index contributed by atoms with van der Waals surface area (Å²) < 4.78 is 0.938. The van der Waals surface area contributed by atoms with E-state index in [1.54, 1.807) is 0 Å². The van der Waals surface area contributed by atoms with Crippen molar-refractivity contribution in [2.24, 2.45) is 23.2 Å². The van der Waals surface area contributed by atoms with Crippen LogP contribution in [0.15, 0.2) is 28.7 Å². The molecule has 1 aliphatic heterocycles. The first kappa shape index (κ1) is 17.7. The molecule has 1 aromatic rings. The van der Waals surface area contributed by atoms with Crippen LogP contribution in [0.4, 0.5) is 5.69 Å². The second kappa shape index (κ2) is 6.61. The molecule has 5 heteroatoms. The number of hydrogen-bond donors (Lipinski definition) is 1. The van der Waals surface area contributed by atoms with Crippen LogP contribution in [0, 0.1) is 23.2 Å². The molecule has 5 fully saturated rings. The summed E-state index contributed by atoms with van der Waals surface area (Å²) in [7, 11) is 0. The van der Waals surface area contributed by atoms with Crippen molar-refractivity contribution in [2.45, 2.75) is 57.4 Å². The molecule has 27 heavy (non-hydrogen) atoms. The highest BCUT2D eigenvalue weighted by molar-refractivity contribution is 9.10. The molecule has 0 radical (unpaired) electrons. The molecular formula is C22H27BrN2O2. The largest absolute Gasteiger partial charge is 0.330 e. The number of hydrogen-bond acceptors (Lipinski definition) is 2. The Kier molecular flexibility index (Phi) is 4.34. The summed E-state index contributed by atoms with van der Waals surface area (Å²) in [5.41, 5.74) is 0.622. The number of anilines is 1. The summed E-state index contributed by atoms with van der Waals surface area (Å²) in [6.45, 7) is 0.733. The molecule has 4 aliphatic carbocycles. The van der Waals surface area contributed by atoms with Crippen molar-refractivity contribution in [3.8, 4) is 0 Å². The molecular weight excluding hydrogens is 404 g/mol. The van der Waals surface area contributed by atoms with Gasteiger partial charge in [0.1, 0.15) is 6.04 Å². The number of likely N-dealkylation sites (tertiary alicyclic amines) is 1. The van der Waals surface area contributed by atoms with Crippen LogP contribution in [0.5, 0.6) is 0 Å². The molecule has 4 nitrogen and oxygen atoms in total. The summed E-state index contributed by atoms with van der Waals surface area (Å²) >= 11 is 3.45. The van der Waals surface area contributed by atoms with E-state index in [4.69, 9.17) is 0 Å². The maximum Gasteiger partial charge on any atom is 0.247 e. The highest BCUT2D eigenvalue weighted by Gasteiger charge is 2.56. The molecule has 1 N–H and O–H groups in total. The minimum atomic E-state index is -0.315. The normalized spacial score (nSPS) is 36.9. The molecule has 4 bridgehead atoms. The summed E-state index contributed by atoms with van der Waals surface area (Å²) in [6.07, 6.45) is 8.89. The monoisotopic (exact) mass is 430 g/mol. The smallest absolute Gasteiger partial charge is 0.247 e. The summed E-state index contributed by atoms with van der Waals surface area (Å²) in [6, 6.07) is 7.33. The molecule has 1 aromatic carbocycles. The second-order valence-corrected chi connectivity index (χ2v) is 10.3. The lowest BCUT2D eigenvalue weighted by atomic mass is 9.49. The van der Waals surface area contributed by atoms with E-state index < -0.39 is 0 Å². The maximum atomic E-state index is 13.7. The Hall–Kier alpha value is -1.36. The van der Waals surface area contributed by atoms with Crippen molar-refractivity contribution in [3.05, 3.63) is 28.7 Å². The zero-order valence-corrected chi connectivity index (χ0v) is 17.2. The Bertz CT molecular complexity index is 742. The Morgan fingerprint density at radius 1 is 1.07 bits per heavy atom. The SMILES string of the molecule is O=C(Nc1cccc(Br)c1)[C@@H]1CCCN1C(=O)C12CC3CC(CC(C3)C1)C2. The van der Waals surface area contributed by atoms with Gasteiger partial charge in [-0.25, -0.2) is 0 Å². The van der Waals surface area contributed by atoms with Gasteiger partial charge in [-0.1, -0.05) is 22.0 Å². The van der Waals surface area contributed by atoms with Crippen molar-refractivity contribution < 1.29 is 9.59 Å². The average molecular weight is 431 g/mol. The van der Waals surface area contributed by atoms with Crippen LogP contribution in [-0.2, 0) is 9.59 Å². The molecule has 1 atom stereocenters. The molecule has 0 aromatic heterocycles. The predicted molar refractivity (Wildman–Crippen MR) is 108 cm³/mol. The fourth-order valence-corrected chi connectivity index (χ4v) is 7.15. The molecule has 2 amide bonds. The lowest BCUT2D eigenvalue weighted by Gasteiger charge is -2.56. The highest BCUT2D eigenvalue weighted by Crippen LogP contribution is 2.60. The Balaban J connectivity index is 1.33. The van der Waals surface area contributed by atoms with E-state index in [1.165, 1.54) is 19.3 Å². The van der Waals surface area contributed by atoms with Gasteiger partial charge in [-0.05, 0) is 87.3 Å². The van der Waals surface area contributed by atoms with Gasteiger partial charge < -0.3 is 10.2 Å². The van der Waals surface area contributed by atoms with Crippen LogP contribution in [-0.4, -0.2) is 29.3 Å². The first-order valence-electron chi connectivity index (χ1n) is 10.4. The minimum Gasteiger partial charge on any atom is -0.330 e. The zero-order valence-electron chi connectivity index (χ0n) is 15.6. The number of nitrogens with one attached hydrogen (secondary N) is 1. The van der Waals surface area contributed by atoms with E-state index in [9.17, 15) is 9.59 Å². The van der Waals surface area contributed by atoms with E-state index in [1.807, 2.05) is 29.2 Å². The zero-order chi connectivity index (χ0) is 18.6. The number of halogens is 1. The van der Waals surface area contributed by atoms with Crippen molar-refractivity contribution in [1.29, 1.82) is 0 Å². The topological polar surface area (TPSA) is 49.4 Å². The molecule has 6 rings (SSSR count). The number of nitrogens with zero attached hydrogens (tertiary/aromatic N) is 1. The number of rotatable bonds is 3. The van der Waals surface area contributed by atoms with Crippen LogP contribution in [0.1, 0.15) is 51.4 Å². The van der Waals surface area contributed by atoms with Crippen molar-refractivity contribution in [2.75, 3.05) is 11.9 Å². The van der Waals surface area contributed by atoms with Gasteiger partial charge in [0.15, 0.2) is 0 Å². The van der Waals surface area contributed by atoms with Crippen LogP contribution >= 0.6 is 15.9 Å². The van der Waals surface area contributed by atoms with Gasteiger partial charge in [0, 0.05) is 16.7 Å². The summed E-state index contributed by atoms with van der Waals surface area (Å²) in [4.78, 5) is 28.5. The Labute approximate surface area is 169 Å². The number of carbonyl (C=O) groups is 2. The Morgan fingerprint density at radius 2 is 1.74 bits per heavy atom. The van der Waals surface area contributed by atoms with Gasteiger partial charge >= 0.3 is 0 Å². The molecule has 1 heterocycles. The molecule has 4 saturated carbocycles. The van der Waals surface area contributed by atoms with Gasteiger partial charge in [-0.3, -0.25) is 9.59 Å². The molecule has 5 aliphatic rings. The van der Waals surface area contributed by atoms with E-state index in [2.05, 4.69) is 21.2 Å². The van der Waals surface area contributed by atoms with Crippen LogP contribution in [0.25, 0.3) is 0 Å².